The van der Waals surface area contributed by atoms with Gasteiger partial charge in [-0.1, -0.05) is 53.5 Å². The third-order valence-electron chi connectivity index (χ3n) is 4.05. The fraction of sp³-hybridized carbons (Fsp3) is 0.294. The molecule has 20 heavy (non-hydrogen) atoms. The molecule has 1 saturated carbocycles. The molecule has 3 rings (SSSR count). The predicted octanol–water partition coefficient (Wildman–Crippen LogP) is 5.66. The van der Waals surface area contributed by atoms with Crippen molar-refractivity contribution < 1.29 is 0 Å². The summed E-state index contributed by atoms with van der Waals surface area (Å²) in [6.45, 7) is 2.08. The molecule has 1 aliphatic rings. The highest BCUT2D eigenvalue weighted by Gasteiger charge is 2.31. The monoisotopic (exact) mass is 305 g/mol. The summed E-state index contributed by atoms with van der Waals surface area (Å²) in [5.41, 5.74) is 3.53. The van der Waals surface area contributed by atoms with Gasteiger partial charge >= 0.3 is 0 Å². The first-order chi connectivity index (χ1) is 9.65. The highest BCUT2D eigenvalue weighted by Crippen LogP contribution is 2.42. The van der Waals surface area contributed by atoms with Crippen LogP contribution in [0.25, 0.3) is 0 Å². The average Bonchev–Trinajstić information content (AvgIpc) is 2.37. The van der Waals surface area contributed by atoms with E-state index in [-0.39, 0.29) is 0 Å². The van der Waals surface area contributed by atoms with Crippen molar-refractivity contribution in [2.75, 3.05) is 5.32 Å². The maximum Gasteiger partial charge on any atom is 0.0640 e. The van der Waals surface area contributed by atoms with Crippen molar-refractivity contribution in [1.29, 1.82) is 0 Å². The van der Waals surface area contributed by atoms with Crippen LogP contribution in [0.15, 0.2) is 42.5 Å². The van der Waals surface area contributed by atoms with Crippen molar-refractivity contribution in [1.82, 2.24) is 0 Å². The quantitative estimate of drug-likeness (QED) is 0.771. The lowest BCUT2D eigenvalue weighted by molar-refractivity contribution is 0.374. The van der Waals surface area contributed by atoms with E-state index in [9.17, 15) is 0 Å². The van der Waals surface area contributed by atoms with E-state index in [1.54, 1.807) is 0 Å². The smallest absolute Gasteiger partial charge is 0.0640 e. The maximum absolute atomic E-state index is 6.25. The summed E-state index contributed by atoms with van der Waals surface area (Å²) in [7, 11) is 0. The number of aryl methyl sites for hydroxylation is 1. The Bertz CT molecular complexity index is 598. The molecule has 1 N–H and O–H groups in total. The van der Waals surface area contributed by atoms with Crippen molar-refractivity contribution in [3.05, 3.63) is 63.6 Å². The second-order valence-corrected chi connectivity index (χ2v) is 6.28. The van der Waals surface area contributed by atoms with Crippen LogP contribution in [0, 0.1) is 6.92 Å². The summed E-state index contributed by atoms with van der Waals surface area (Å²) in [6, 6.07) is 14.6. The van der Waals surface area contributed by atoms with Crippen LogP contribution in [-0.2, 0) is 0 Å². The number of anilines is 1. The van der Waals surface area contributed by atoms with Crippen LogP contribution in [0.2, 0.25) is 10.0 Å². The normalized spacial score (nSPS) is 21.4. The zero-order valence-corrected chi connectivity index (χ0v) is 12.9. The van der Waals surface area contributed by atoms with Crippen LogP contribution in [0.3, 0.4) is 0 Å². The Hall–Kier alpha value is -1.18. The Morgan fingerprint density at radius 1 is 0.950 bits per heavy atom. The number of rotatable bonds is 3. The van der Waals surface area contributed by atoms with E-state index in [1.807, 2.05) is 24.3 Å². The van der Waals surface area contributed by atoms with Gasteiger partial charge in [0.05, 0.1) is 10.7 Å². The molecule has 3 heteroatoms. The van der Waals surface area contributed by atoms with E-state index in [0.717, 1.165) is 28.6 Å². The van der Waals surface area contributed by atoms with E-state index in [0.29, 0.717) is 12.0 Å². The first-order valence-electron chi connectivity index (χ1n) is 6.91. The highest BCUT2D eigenvalue weighted by atomic mass is 35.5. The van der Waals surface area contributed by atoms with Crippen molar-refractivity contribution in [2.45, 2.75) is 31.7 Å². The lowest BCUT2D eigenvalue weighted by atomic mass is 9.75. The van der Waals surface area contributed by atoms with Gasteiger partial charge in [-0.15, -0.1) is 0 Å². The minimum absolute atomic E-state index is 0.481. The SMILES string of the molecule is Cc1cccc(Cl)c1NC1CC(c2ccccc2Cl)C1. The van der Waals surface area contributed by atoms with Crippen molar-refractivity contribution in [3.8, 4) is 0 Å². The summed E-state index contributed by atoms with van der Waals surface area (Å²) in [4.78, 5) is 0. The molecular weight excluding hydrogens is 289 g/mol. The molecule has 1 nitrogen and oxygen atoms in total. The number of halogens is 2. The maximum atomic E-state index is 6.25. The molecule has 0 aliphatic heterocycles. The van der Waals surface area contributed by atoms with E-state index in [4.69, 9.17) is 23.2 Å². The first kappa shape index (κ1) is 13.8. The van der Waals surface area contributed by atoms with Gasteiger partial charge in [-0.25, -0.2) is 0 Å². The Morgan fingerprint density at radius 3 is 2.35 bits per heavy atom. The summed E-state index contributed by atoms with van der Waals surface area (Å²) in [6.07, 6.45) is 2.21. The van der Waals surface area contributed by atoms with Gasteiger partial charge in [-0.2, -0.15) is 0 Å². The second-order valence-electron chi connectivity index (χ2n) is 5.46. The number of hydrogen-bond donors (Lipinski definition) is 1. The predicted molar refractivity (Wildman–Crippen MR) is 87.0 cm³/mol. The Balaban J connectivity index is 1.66. The zero-order valence-electron chi connectivity index (χ0n) is 11.4. The Labute approximate surface area is 129 Å². The molecule has 0 bridgehead atoms. The second kappa shape index (κ2) is 5.67. The van der Waals surface area contributed by atoms with Crippen LogP contribution in [0.4, 0.5) is 5.69 Å². The molecule has 0 radical (unpaired) electrons. The molecule has 1 aliphatic carbocycles. The van der Waals surface area contributed by atoms with Gasteiger partial charge < -0.3 is 5.32 Å². The van der Waals surface area contributed by atoms with Crippen molar-refractivity contribution >= 4 is 28.9 Å². The van der Waals surface area contributed by atoms with Crippen LogP contribution in [0.5, 0.6) is 0 Å². The molecule has 0 spiro atoms. The summed E-state index contributed by atoms with van der Waals surface area (Å²) >= 11 is 12.5. The minimum atomic E-state index is 0.481. The minimum Gasteiger partial charge on any atom is -0.381 e. The number of nitrogens with one attached hydrogen (secondary N) is 1. The van der Waals surface area contributed by atoms with Gasteiger partial charge in [-0.3, -0.25) is 0 Å². The molecule has 0 saturated heterocycles. The van der Waals surface area contributed by atoms with Gasteiger partial charge in [0.2, 0.25) is 0 Å². The molecule has 2 aromatic carbocycles. The molecule has 1 fully saturated rings. The molecule has 104 valence electrons. The number of para-hydroxylation sites is 1. The first-order valence-corrected chi connectivity index (χ1v) is 7.67. The van der Waals surface area contributed by atoms with E-state index < -0.39 is 0 Å². The van der Waals surface area contributed by atoms with E-state index in [1.165, 1.54) is 11.1 Å². The summed E-state index contributed by atoms with van der Waals surface area (Å²) in [5, 5.41) is 5.24. The van der Waals surface area contributed by atoms with Crippen molar-refractivity contribution in [2.24, 2.45) is 0 Å². The molecular formula is C17H17Cl2N. The van der Waals surface area contributed by atoms with E-state index in [2.05, 4.69) is 30.4 Å². The largest absolute Gasteiger partial charge is 0.381 e. The fourth-order valence-electron chi connectivity index (χ4n) is 2.81. The van der Waals surface area contributed by atoms with E-state index >= 15 is 0 Å². The third-order valence-corrected chi connectivity index (χ3v) is 4.71. The lowest BCUT2D eigenvalue weighted by Crippen LogP contribution is -2.34. The van der Waals surface area contributed by atoms with Gasteiger partial charge in [-0.05, 0) is 48.9 Å². The van der Waals surface area contributed by atoms with Gasteiger partial charge in [0.15, 0.2) is 0 Å². The fourth-order valence-corrected chi connectivity index (χ4v) is 3.38. The van der Waals surface area contributed by atoms with Crippen molar-refractivity contribution in [3.63, 3.8) is 0 Å². The Kier molecular flexibility index (Phi) is 3.91. The molecule has 0 unspecified atom stereocenters. The third kappa shape index (κ3) is 2.65. The average molecular weight is 306 g/mol. The highest BCUT2D eigenvalue weighted by molar-refractivity contribution is 6.33. The molecule has 0 heterocycles. The van der Waals surface area contributed by atoms with Gasteiger partial charge in [0.1, 0.15) is 0 Å². The van der Waals surface area contributed by atoms with Crippen LogP contribution in [-0.4, -0.2) is 6.04 Å². The molecule has 0 amide bonds. The topological polar surface area (TPSA) is 12.0 Å². The molecule has 0 atom stereocenters. The lowest BCUT2D eigenvalue weighted by Gasteiger charge is -2.37. The zero-order chi connectivity index (χ0) is 14.1. The molecule has 2 aromatic rings. The molecule has 0 aromatic heterocycles. The number of hydrogen-bond acceptors (Lipinski definition) is 1. The van der Waals surface area contributed by atoms with Crippen LogP contribution < -0.4 is 5.32 Å². The van der Waals surface area contributed by atoms with Crippen LogP contribution >= 0.6 is 23.2 Å². The number of benzene rings is 2. The van der Waals surface area contributed by atoms with Gasteiger partial charge in [0, 0.05) is 11.1 Å². The Morgan fingerprint density at radius 2 is 1.65 bits per heavy atom. The standard InChI is InChI=1S/C17H17Cl2N/c1-11-5-4-8-16(19)17(11)20-13-9-12(10-13)14-6-2-3-7-15(14)18/h2-8,12-13,20H,9-10H2,1H3. The van der Waals surface area contributed by atoms with Gasteiger partial charge in [0.25, 0.3) is 0 Å². The van der Waals surface area contributed by atoms with Crippen LogP contribution in [0.1, 0.15) is 29.9 Å². The summed E-state index contributed by atoms with van der Waals surface area (Å²) in [5.74, 6) is 0.559. The summed E-state index contributed by atoms with van der Waals surface area (Å²) < 4.78 is 0.